The first-order valence-corrected chi connectivity index (χ1v) is 8.34. The number of hydrogen-bond acceptors (Lipinski definition) is 3. The molecule has 0 bridgehead atoms. The summed E-state index contributed by atoms with van der Waals surface area (Å²) in [4.78, 5) is 7.50. The first-order valence-electron chi connectivity index (χ1n) is 6.54. The van der Waals surface area contributed by atoms with E-state index in [0.29, 0.717) is 0 Å². The van der Waals surface area contributed by atoms with Gasteiger partial charge in [0.05, 0.1) is 6.54 Å². The highest BCUT2D eigenvalue weighted by molar-refractivity contribution is 8.13. The number of aryl methyl sites for hydroxylation is 2. The molecule has 1 saturated heterocycles. The van der Waals surface area contributed by atoms with Crippen LogP contribution in [0.15, 0.2) is 11.1 Å². The maximum Gasteiger partial charge on any atom is 0.157 e. The van der Waals surface area contributed by atoms with Crippen molar-refractivity contribution in [3.05, 3.63) is 21.4 Å². The molecule has 2 rings (SSSR count). The molecule has 1 atom stereocenters. The zero-order valence-electron chi connectivity index (χ0n) is 11.7. The fraction of sp³-hybridized carbons (Fsp3) is 0.643. The summed E-state index contributed by atoms with van der Waals surface area (Å²) < 4.78 is 0. The molecule has 1 N–H and O–H groups in total. The van der Waals surface area contributed by atoms with Crippen molar-refractivity contribution in [1.29, 1.82) is 0 Å². The van der Waals surface area contributed by atoms with Gasteiger partial charge in [0, 0.05) is 21.0 Å². The SMILES string of the molecule is CCC1(C)CCSC(=NCc2cc(C)c(C)s2)N1. The lowest BCUT2D eigenvalue weighted by atomic mass is 9.96. The Morgan fingerprint density at radius 2 is 2.22 bits per heavy atom. The van der Waals surface area contributed by atoms with Crippen molar-refractivity contribution < 1.29 is 0 Å². The van der Waals surface area contributed by atoms with Crippen LogP contribution in [0.1, 0.15) is 42.0 Å². The van der Waals surface area contributed by atoms with E-state index in [0.717, 1.165) is 18.1 Å². The van der Waals surface area contributed by atoms with Gasteiger partial charge in [0.2, 0.25) is 0 Å². The van der Waals surface area contributed by atoms with Gasteiger partial charge in [-0.3, -0.25) is 4.99 Å². The Kier molecular flexibility index (Phi) is 4.38. The molecule has 0 saturated carbocycles. The van der Waals surface area contributed by atoms with Crippen LogP contribution in [0.25, 0.3) is 0 Å². The third kappa shape index (κ3) is 3.29. The number of nitrogens with one attached hydrogen (secondary N) is 1. The number of nitrogens with zero attached hydrogens (tertiary/aromatic N) is 1. The Morgan fingerprint density at radius 3 is 2.83 bits per heavy atom. The Balaban J connectivity index is 2.01. The zero-order valence-corrected chi connectivity index (χ0v) is 13.3. The van der Waals surface area contributed by atoms with Gasteiger partial charge in [0.1, 0.15) is 0 Å². The molecule has 1 aromatic heterocycles. The molecule has 0 aliphatic carbocycles. The van der Waals surface area contributed by atoms with Crippen LogP contribution in [0.2, 0.25) is 0 Å². The average Bonchev–Trinajstić information content (AvgIpc) is 2.67. The van der Waals surface area contributed by atoms with Crippen molar-refractivity contribution in [2.24, 2.45) is 4.99 Å². The second-order valence-electron chi connectivity index (χ2n) is 5.21. The number of thiophene rings is 1. The highest BCUT2D eigenvalue weighted by Gasteiger charge is 2.27. The summed E-state index contributed by atoms with van der Waals surface area (Å²) >= 11 is 3.72. The molecule has 4 heteroatoms. The predicted molar refractivity (Wildman–Crippen MR) is 83.8 cm³/mol. The number of aliphatic imine (C=N–C) groups is 1. The predicted octanol–water partition coefficient (Wildman–Crippen LogP) is 4.12. The average molecular weight is 282 g/mol. The maximum atomic E-state index is 4.73. The molecule has 1 aromatic rings. The smallest absolute Gasteiger partial charge is 0.157 e. The fourth-order valence-electron chi connectivity index (χ4n) is 1.96. The summed E-state index contributed by atoms with van der Waals surface area (Å²) in [6.07, 6.45) is 2.38. The minimum absolute atomic E-state index is 0.241. The van der Waals surface area contributed by atoms with E-state index in [2.05, 4.69) is 39.1 Å². The molecule has 1 unspecified atom stereocenters. The summed E-state index contributed by atoms with van der Waals surface area (Å²) in [5, 5.41) is 4.71. The van der Waals surface area contributed by atoms with Crippen LogP contribution in [0.4, 0.5) is 0 Å². The van der Waals surface area contributed by atoms with Crippen molar-refractivity contribution in [2.75, 3.05) is 5.75 Å². The largest absolute Gasteiger partial charge is 0.360 e. The highest BCUT2D eigenvalue weighted by Crippen LogP contribution is 2.26. The molecule has 2 heterocycles. The standard InChI is InChI=1S/C14H22N2S2/c1-5-14(4)6-7-17-13(16-14)15-9-12-8-10(2)11(3)18-12/h8H,5-7,9H2,1-4H3,(H,15,16). The first-order chi connectivity index (χ1) is 8.52. The molecule has 0 radical (unpaired) electrons. The van der Waals surface area contributed by atoms with Crippen LogP contribution in [-0.2, 0) is 6.54 Å². The third-order valence-corrected chi connectivity index (χ3v) is 5.73. The van der Waals surface area contributed by atoms with Crippen molar-refractivity contribution in [2.45, 2.75) is 52.6 Å². The summed E-state index contributed by atoms with van der Waals surface area (Å²) in [5.41, 5.74) is 1.63. The van der Waals surface area contributed by atoms with Crippen molar-refractivity contribution in [3.8, 4) is 0 Å². The number of thioether (sulfide) groups is 1. The van der Waals surface area contributed by atoms with E-state index in [1.54, 1.807) is 0 Å². The van der Waals surface area contributed by atoms with Crippen LogP contribution in [-0.4, -0.2) is 16.5 Å². The van der Waals surface area contributed by atoms with Gasteiger partial charge in [-0.05, 0) is 45.2 Å². The Morgan fingerprint density at radius 1 is 1.44 bits per heavy atom. The molecule has 100 valence electrons. The van der Waals surface area contributed by atoms with E-state index in [1.165, 1.54) is 27.5 Å². The molecule has 0 spiro atoms. The second-order valence-corrected chi connectivity index (χ2v) is 7.64. The molecule has 1 fully saturated rings. The minimum atomic E-state index is 0.241. The lowest BCUT2D eigenvalue weighted by molar-refractivity contribution is 0.390. The summed E-state index contributed by atoms with van der Waals surface area (Å²) in [6, 6.07) is 2.26. The van der Waals surface area contributed by atoms with E-state index in [4.69, 9.17) is 4.99 Å². The van der Waals surface area contributed by atoms with Gasteiger partial charge in [0.25, 0.3) is 0 Å². The highest BCUT2D eigenvalue weighted by atomic mass is 32.2. The molecular weight excluding hydrogens is 260 g/mol. The van der Waals surface area contributed by atoms with Crippen molar-refractivity contribution >= 4 is 28.3 Å². The van der Waals surface area contributed by atoms with E-state index < -0.39 is 0 Å². The van der Waals surface area contributed by atoms with E-state index in [-0.39, 0.29) is 5.54 Å². The maximum absolute atomic E-state index is 4.73. The first kappa shape index (κ1) is 13.9. The zero-order chi connectivity index (χ0) is 13.2. The topological polar surface area (TPSA) is 24.4 Å². The molecule has 1 aliphatic rings. The van der Waals surface area contributed by atoms with E-state index in [1.807, 2.05) is 23.1 Å². The molecule has 0 amide bonds. The molecule has 0 aromatic carbocycles. The van der Waals surface area contributed by atoms with Crippen LogP contribution < -0.4 is 5.32 Å². The molecule has 18 heavy (non-hydrogen) atoms. The van der Waals surface area contributed by atoms with Gasteiger partial charge in [-0.1, -0.05) is 18.7 Å². The van der Waals surface area contributed by atoms with E-state index >= 15 is 0 Å². The van der Waals surface area contributed by atoms with Gasteiger partial charge in [0.15, 0.2) is 5.17 Å². The molecule has 2 nitrogen and oxygen atoms in total. The van der Waals surface area contributed by atoms with E-state index in [9.17, 15) is 0 Å². The molecule has 1 aliphatic heterocycles. The van der Waals surface area contributed by atoms with Crippen LogP contribution in [0, 0.1) is 13.8 Å². The minimum Gasteiger partial charge on any atom is -0.360 e. The van der Waals surface area contributed by atoms with Crippen LogP contribution in [0.5, 0.6) is 0 Å². The number of rotatable bonds is 3. The Hall–Kier alpha value is -0.480. The summed E-state index contributed by atoms with van der Waals surface area (Å²) in [5.74, 6) is 1.18. The summed E-state index contributed by atoms with van der Waals surface area (Å²) in [6.45, 7) is 9.70. The lowest BCUT2D eigenvalue weighted by Gasteiger charge is -2.35. The van der Waals surface area contributed by atoms with Gasteiger partial charge >= 0.3 is 0 Å². The normalized spacial score (nSPS) is 26.3. The van der Waals surface area contributed by atoms with Gasteiger partial charge in [-0.15, -0.1) is 11.3 Å². The monoisotopic (exact) mass is 282 g/mol. The van der Waals surface area contributed by atoms with Crippen LogP contribution in [0.3, 0.4) is 0 Å². The van der Waals surface area contributed by atoms with Crippen molar-refractivity contribution in [3.63, 3.8) is 0 Å². The second kappa shape index (κ2) is 5.66. The quantitative estimate of drug-likeness (QED) is 0.902. The summed E-state index contributed by atoms with van der Waals surface area (Å²) in [7, 11) is 0. The van der Waals surface area contributed by atoms with Crippen LogP contribution >= 0.6 is 23.1 Å². The fourth-order valence-corrected chi connectivity index (χ4v) is 4.16. The third-order valence-electron chi connectivity index (χ3n) is 3.68. The number of hydrogen-bond donors (Lipinski definition) is 1. The van der Waals surface area contributed by atoms with Gasteiger partial charge < -0.3 is 5.32 Å². The molecular formula is C14H22N2S2. The number of amidine groups is 1. The lowest BCUT2D eigenvalue weighted by Crippen LogP contribution is -2.48. The Labute approximate surface area is 118 Å². The van der Waals surface area contributed by atoms with Gasteiger partial charge in [-0.25, -0.2) is 0 Å². The van der Waals surface area contributed by atoms with Crippen molar-refractivity contribution in [1.82, 2.24) is 5.32 Å². The Bertz CT molecular complexity index is 431. The van der Waals surface area contributed by atoms with Gasteiger partial charge in [-0.2, -0.15) is 0 Å².